The first-order chi connectivity index (χ1) is 11.8. The molecule has 3 aromatic rings. The molecule has 1 aliphatic heterocycles. The first kappa shape index (κ1) is 15.0. The molecule has 1 unspecified atom stereocenters. The van der Waals surface area contributed by atoms with Crippen LogP contribution in [0.2, 0.25) is 0 Å². The summed E-state index contributed by atoms with van der Waals surface area (Å²) in [6, 6.07) is 4.63. The number of piperidine rings is 1. The molecule has 0 spiro atoms. The van der Waals surface area contributed by atoms with E-state index in [0.717, 1.165) is 41.9 Å². The van der Waals surface area contributed by atoms with Gasteiger partial charge in [-0.2, -0.15) is 5.10 Å². The molecule has 3 aromatic heterocycles. The van der Waals surface area contributed by atoms with Crippen LogP contribution in [0.25, 0.3) is 11.0 Å². The van der Waals surface area contributed by atoms with Gasteiger partial charge in [0.2, 0.25) is 0 Å². The monoisotopic (exact) mass is 324 g/mol. The van der Waals surface area contributed by atoms with Crippen LogP contribution in [0.4, 0.5) is 0 Å². The molecule has 0 aliphatic carbocycles. The Balaban J connectivity index is 1.46. The zero-order valence-electron chi connectivity index (χ0n) is 13.6. The number of likely N-dealkylation sites (tertiary alicyclic amines) is 1. The van der Waals surface area contributed by atoms with Gasteiger partial charge in [-0.05, 0) is 31.5 Å². The van der Waals surface area contributed by atoms with E-state index in [1.54, 1.807) is 7.11 Å². The maximum atomic E-state index is 5.01. The van der Waals surface area contributed by atoms with Crippen molar-refractivity contribution in [1.82, 2.24) is 30.0 Å². The highest BCUT2D eigenvalue weighted by Gasteiger charge is 2.23. The molecule has 1 aliphatic rings. The van der Waals surface area contributed by atoms with E-state index < -0.39 is 0 Å². The Morgan fingerprint density at radius 2 is 2.12 bits per heavy atom. The molecule has 1 fully saturated rings. The second kappa shape index (κ2) is 6.52. The van der Waals surface area contributed by atoms with Gasteiger partial charge < -0.3 is 4.74 Å². The van der Waals surface area contributed by atoms with Gasteiger partial charge >= 0.3 is 6.01 Å². The predicted octanol–water partition coefficient (Wildman–Crippen LogP) is 2.14. The summed E-state index contributed by atoms with van der Waals surface area (Å²) in [5, 5.41) is 8.07. The van der Waals surface area contributed by atoms with Crippen molar-refractivity contribution >= 4 is 11.0 Å². The number of fused-ring (bicyclic) bond motifs is 1. The highest BCUT2D eigenvalue weighted by molar-refractivity contribution is 5.73. The molecule has 124 valence electrons. The van der Waals surface area contributed by atoms with E-state index >= 15 is 0 Å². The van der Waals surface area contributed by atoms with Crippen molar-refractivity contribution < 1.29 is 4.74 Å². The minimum Gasteiger partial charge on any atom is -0.467 e. The van der Waals surface area contributed by atoms with Crippen molar-refractivity contribution in [2.24, 2.45) is 0 Å². The fourth-order valence-corrected chi connectivity index (χ4v) is 3.30. The largest absolute Gasteiger partial charge is 0.467 e. The van der Waals surface area contributed by atoms with Crippen molar-refractivity contribution in [1.29, 1.82) is 0 Å². The van der Waals surface area contributed by atoms with Gasteiger partial charge in [0.05, 0.1) is 13.3 Å². The minimum atomic E-state index is 0.410. The molecule has 0 bridgehead atoms. The molecule has 0 saturated carbocycles. The maximum absolute atomic E-state index is 5.01. The predicted molar refractivity (Wildman–Crippen MR) is 89.7 cm³/mol. The van der Waals surface area contributed by atoms with Gasteiger partial charge in [-0.1, -0.05) is 0 Å². The molecule has 0 radical (unpaired) electrons. The molecular weight excluding hydrogens is 304 g/mol. The molecule has 1 atom stereocenters. The zero-order chi connectivity index (χ0) is 16.4. The highest BCUT2D eigenvalue weighted by atomic mass is 16.5. The molecular formula is C17H20N6O. The topological polar surface area (TPSA) is 79.8 Å². The lowest BCUT2D eigenvalue weighted by Crippen LogP contribution is -2.34. The van der Waals surface area contributed by atoms with Gasteiger partial charge in [-0.25, -0.2) is 15.0 Å². The fraction of sp³-hybridized carbons (Fsp3) is 0.412. The number of nitrogens with zero attached hydrogens (tertiary/aromatic N) is 5. The fourth-order valence-electron chi connectivity index (χ4n) is 3.30. The van der Waals surface area contributed by atoms with E-state index in [-0.39, 0.29) is 0 Å². The number of H-pyrrole nitrogens is 1. The highest BCUT2D eigenvalue weighted by Crippen LogP contribution is 2.27. The average Bonchev–Trinajstić information content (AvgIpc) is 3.10. The Hall–Kier alpha value is -2.54. The van der Waals surface area contributed by atoms with E-state index in [9.17, 15) is 0 Å². The third kappa shape index (κ3) is 3.07. The number of methoxy groups -OCH3 is 1. The molecule has 0 aromatic carbocycles. The molecule has 4 heterocycles. The van der Waals surface area contributed by atoms with Gasteiger partial charge in [0, 0.05) is 48.0 Å². The van der Waals surface area contributed by atoms with Crippen LogP contribution in [0.3, 0.4) is 0 Å². The van der Waals surface area contributed by atoms with E-state index in [2.05, 4.69) is 37.2 Å². The van der Waals surface area contributed by atoms with Crippen LogP contribution in [0.5, 0.6) is 6.01 Å². The van der Waals surface area contributed by atoms with Crippen molar-refractivity contribution in [2.45, 2.75) is 25.3 Å². The van der Waals surface area contributed by atoms with Crippen LogP contribution >= 0.6 is 0 Å². The van der Waals surface area contributed by atoms with Crippen LogP contribution in [0, 0.1) is 0 Å². The quantitative estimate of drug-likeness (QED) is 0.792. The lowest BCUT2D eigenvalue weighted by atomic mass is 9.94. The number of aromatic nitrogens is 5. The van der Waals surface area contributed by atoms with Crippen LogP contribution < -0.4 is 4.74 Å². The lowest BCUT2D eigenvalue weighted by molar-refractivity contribution is 0.198. The van der Waals surface area contributed by atoms with Crippen molar-refractivity contribution in [3.8, 4) is 6.01 Å². The van der Waals surface area contributed by atoms with Crippen molar-refractivity contribution in [3.63, 3.8) is 0 Å². The summed E-state index contributed by atoms with van der Waals surface area (Å²) in [4.78, 5) is 15.5. The number of rotatable bonds is 4. The maximum Gasteiger partial charge on any atom is 0.316 e. The smallest absolute Gasteiger partial charge is 0.316 e. The van der Waals surface area contributed by atoms with Gasteiger partial charge in [-0.3, -0.25) is 10.00 Å². The Labute approximate surface area is 140 Å². The third-order valence-electron chi connectivity index (χ3n) is 4.52. The number of hydrogen-bond donors (Lipinski definition) is 1. The number of hydrogen-bond acceptors (Lipinski definition) is 6. The first-order valence-corrected chi connectivity index (χ1v) is 8.19. The summed E-state index contributed by atoms with van der Waals surface area (Å²) in [5.74, 6) is 0.450. The average molecular weight is 324 g/mol. The molecule has 1 saturated heterocycles. The minimum absolute atomic E-state index is 0.410. The summed E-state index contributed by atoms with van der Waals surface area (Å²) >= 11 is 0. The number of aromatic amines is 1. The number of pyridine rings is 1. The van der Waals surface area contributed by atoms with Crippen LogP contribution in [0.15, 0.2) is 30.7 Å². The molecule has 7 nitrogen and oxygen atoms in total. The summed E-state index contributed by atoms with van der Waals surface area (Å²) < 4.78 is 5.01. The third-order valence-corrected chi connectivity index (χ3v) is 4.52. The molecule has 0 amide bonds. The Kier molecular flexibility index (Phi) is 4.08. The van der Waals surface area contributed by atoms with E-state index in [1.807, 2.05) is 18.6 Å². The van der Waals surface area contributed by atoms with Crippen LogP contribution in [-0.4, -0.2) is 50.2 Å². The number of nitrogens with one attached hydrogen (secondary N) is 1. The lowest BCUT2D eigenvalue weighted by Gasteiger charge is -2.32. The van der Waals surface area contributed by atoms with E-state index in [4.69, 9.17) is 9.72 Å². The van der Waals surface area contributed by atoms with Crippen LogP contribution in [-0.2, 0) is 6.54 Å². The summed E-state index contributed by atoms with van der Waals surface area (Å²) in [6.45, 7) is 2.94. The van der Waals surface area contributed by atoms with Gasteiger partial charge in [0.1, 0.15) is 0 Å². The molecule has 1 N–H and O–H groups in total. The van der Waals surface area contributed by atoms with Crippen LogP contribution in [0.1, 0.15) is 30.0 Å². The van der Waals surface area contributed by atoms with Gasteiger partial charge in [0.25, 0.3) is 0 Å². The summed E-state index contributed by atoms with van der Waals surface area (Å²) in [5.41, 5.74) is 3.11. The first-order valence-electron chi connectivity index (χ1n) is 8.19. The Morgan fingerprint density at radius 3 is 2.96 bits per heavy atom. The standard InChI is InChI=1S/C17H20N6O/c1-24-17-18-7-12(8-19-17)10-23-6-2-3-14(11-23)15-5-4-13-9-20-22-16(13)21-15/h4-5,7-9,14H,2-3,6,10-11H2,1H3,(H,20,21,22). The molecule has 4 rings (SSSR count). The Morgan fingerprint density at radius 1 is 1.25 bits per heavy atom. The normalized spacial score (nSPS) is 18.8. The second-order valence-corrected chi connectivity index (χ2v) is 6.20. The second-order valence-electron chi connectivity index (χ2n) is 6.20. The summed E-state index contributed by atoms with van der Waals surface area (Å²) in [7, 11) is 1.58. The van der Waals surface area contributed by atoms with Gasteiger partial charge in [0.15, 0.2) is 5.65 Å². The summed E-state index contributed by atoms with van der Waals surface area (Å²) in [6.07, 6.45) is 7.82. The van der Waals surface area contributed by atoms with E-state index in [0.29, 0.717) is 11.9 Å². The number of ether oxygens (including phenoxy) is 1. The Bertz CT molecular complexity index is 815. The van der Waals surface area contributed by atoms with E-state index in [1.165, 1.54) is 12.8 Å². The molecule has 24 heavy (non-hydrogen) atoms. The van der Waals surface area contributed by atoms with Crippen molar-refractivity contribution in [3.05, 3.63) is 42.0 Å². The SMILES string of the molecule is COc1ncc(CN2CCCC(c3ccc4cn[nH]c4n3)C2)cn1. The molecule has 7 heteroatoms. The zero-order valence-corrected chi connectivity index (χ0v) is 13.6. The van der Waals surface area contributed by atoms with Crippen molar-refractivity contribution in [2.75, 3.05) is 20.2 Å². The van der Waals surface area contributed by atoms with Gasteiger partial charge in [-0.15, -0.1) is 0 Å².